The number of aromatic nitrogens is 1. The van der Waals surface area contributed by atoms with E-state index in [9.17, 15) is 0 Å². The van der Waals surface area contributed by atoms with Crippen molar-refractivity contribution in [2.24, 2.45) is 5.73 Å². The Bertz CT molecular complexity index is 390. The number of pyridine rings is 1. The number of morpholine rings is 1. The van der Waals surface area contributed by atoms with Gasteiger partial charge in [0.25, 0.3) is 0 Å². The van der Waals surface area contributed by atoms with Gasteiger partial charge in [0.05, 0.1) is 18.8 Å². The molecule has 1 aromatic heterocycles. The molecular formula is C13H21N3O. The quantitative estimate of drug-likeness (QED) is 0.848. The van der Waals surface area contributed by atoms with Crippen LogP contribution in [0.25, 0.3) is 0 Å². The standard InChI is InChI=1S/C13H21N3O/c1-10(14)11-4-5-15-12(8-11)16-6-7-17-9-13(16,2)3/h4-5,8,10H,6-7,9,14H2,1-3H3/t10-/m0/s1. The van der Waals surface area contributed by atoms with Crippen LogP contribution in [0.2, 0.25) is 0 Å². The maximum atomic E-state index is 5.91. The predicted octanol–water partition coefficient (Wildman–Crippen LogP) is 1.72. The van der Waals surface area contributed by atoms with Crippen LogP contribution in [-0.4, -0.2) is 30.3 Å². The maximum Gasteiger partial charge on any atom is 0.129 e. The van der Waals surface area contributed by atoms with Gasteiger partial charge in [0.2, 0.25) is 0 Å². The van der Waals surface area contributed by atoms with E-state index in [1.807, 2.05) is 19.2 Å². The molecule has 1 aliphatic heterocycles. The van der Waals surface area contributed by atoms with Gasteiger partial charge in [-0.1, -0.05) is 0 Å². The molecule has 1 aliphatic rings. The number of nitrogens with zero attached hydrogens (tertiary/aromatic N) is 2. The highest BCUT2D eigenvalue weighted by atomic mass is 16.5. The summed E-state index contributed by atoms with van der Waals surface area (Å²) in [7, 11) is 0. The summed E-state index contributed by atoms with van der Waals surface area (Å²) in [6, 6.07) is 4.10. The van der Waals surface area contributed by atoms with Gasteiger partial charge in [-0.2, -0.15) is 0 Å². The van der Waals surface area contributed by atoms with Crippen molar-refractivity contribution in [1.29, 1.82) is 0 Å². The minimum Gasteiger partial charge on any atom is -0.377 e. The molecule has 0 radical (unpaired) electrons. The second kappa shape index (κ2) is 4.63. The Morgan fingerprint density at radius 3 is 2.94 bits per heavy atom. The van der Waals surface area contributed by atoms with Gasteiger partial charge in [0.1, 0.15) is 5.82 Å². The van der Waals surface area contributed by atoms with Gasteiger partial charge in [-0.25, -0.2) is 4.98 Å². The minimum atomic E-state index is -0.0122. The summed E-state index contributed by atoms with van der Waals surface area (Å²) < 4.78 is 5.52. The minimum absolute atomic E-state index is 0.0122. The molecule has 2 N–H and O–H groups in total. The zero-order chi connectivity index (χ0) is 12.5. The summed E-state index contributed by atoms with van der Waals surface area (Å²) in [5.74, 6) is 0.994. The Balaban J connectivity index is 2.29. The lowest BCUT2D eigenvalue weighted by molar-refractivity contribution is 0.0639. The molecular weight excluding hydrogens is 214 g/mol. The molecule has 0 aromatic carbocycles. The van der Waals surface area contributed by atoms with Crippen molar-refractivity contribution < 1.29 is 4.74 Å². The molecule has 0 aliphatic carbocycles. The smallest absolute Gasteiger partial charge is 0.129 e. The Morgan fingerprint density at radius 1 is 1.53 bits per heavy atom. The van der Waals surface area contributed by atoms with Gasteiger partial charge < -0.3 is 15.4 Å². The first-order valence-electron chi connectivity index (χ1n) is 6.07. The summed E-state index contributed by atoms with van der Waals surface area (Å²) in [6.07, 6.45) is 1.83. The molecule has 0 spiro atoms. The Labute approximate surface area is 103 Å². The van der Waals surface area contributed by atoms with Crippen molar-refractivity contribution in [2.45, 2.75) is 32.4 Å². The predicted molar refractivity (Wildman–Crippen MR) is 69.1 cm³/mol. The molecule has 0 saturated carbocycles. The molecule has 1 saturated heterocycles. The highest BCUT2D eigenvalue weighted by molar-refractivity contribution is 5.45. The number of hydrogen-bond donors (Lipinski definition) is 1. The summed E-state index contributed by atoms with van der Waals surface area (Å²) in [5, 5.41) is 0. The van der Waals surface area contributed by atoms with Gasteiger partial charge in [0, 0.05) is 18.8 Å². The molecule has 0 unspecified atom stereocenters. The Hall–Kier alpha value is -1.13. The third kappa shape index (κ3) is 2.58. The molecule has 1 aromatic rings. The van der Waals surface area contributed by atoms with Gasteiger partial charge in [0.15, 0.2) is 0 Å². The molecule has 2 rings (SSSR count). The highest BCUT2D eigenvalue weighted by Gasteiger charge is 2.31. The molecule has 4 nitrogen and oxygen atoms in total. The first-order chi connectivity index (χ1) is 8.00. The Morgan fingerprint density at radius 2 is 2.29 bits per heavy atom. The summed E-state index contributed by atoms with van der Waals surface area (Å²) >= 11 is 0. The second-order valence-electron chi connectivity index (χ2n) is 5.25. The number of anilines is 1. The third-order valence-electron chi connectivity index (χ3n) is 3.22. The van der Waals surface area contributed by atoms with Crippen LogP contribution >= 0.6 is 0 Å². The van der Waals surface area contributed by atoms with E-state index in [-0.39, 0.29) is 11.6 Å². The van der Waals surface area contributed by atoms with Crippen LogP contribution in [0.15, 0.2) is 18.3 Å². The van der Waals surface area contributed by atoms with Gasteiger partial charge in [-0.3, -0.25) is 0 Å². The van der Waals surface area contributed by atoms with Crippen LogP contribution in [-0.2, 0) is 4.74 Å². The number of nitrogens with two attached hydrogens (primary N) is 1. The van der Waals surface area contributed by atoms with Crippen LogP contribution in [0.1, 0.15) is 32.4 Å². The molecule has 4 heteroatoms. The largest absolute Gasteiger partial charge is 0.377 e. The zero-order valence-corrected chi connectivity index (χ0v) is 10.8. The molecule has 0 bridgehead atoms. The average molecular weight is 235 g/mol. The average Bonchev–Trinajstić information content (AvgIpc) is 2.28. The molecule has 2 heterocycles. The van der Waals surface area contributed by atoms with E-state index < -0.39 is 0 Å². The van der Waals surface area contributed by atoms with Crippen molar-refractivity contribution in [3.63, 3.8) is 0 Å². The van der Waals surface area contributed by atoms with E-state index in [0.29, 0.717) is 0 Å². The van der Waals surface area contributed by atoms with Gasteiger partial charge in [-0.05, 0) is 38.5 Å². The van der Waals surface area contributed by atoms with E-state index in [2.05, 4.69) is 29.8 Å². The maximum absolute atomic E-state index is 5.91. The fourth-order valence-electron chi connectivity index (χ4n) is 2.15. The first kappa shape index (κ1) is 12.3. The van der Waals surface area contributed by atoms with Crippen LogP contribution in [0.4, 0.5) is 5.82 Å². The molecule has 0 amide bonds. The van der Waals surface area contributed by atoms with Crippen molar-refractivity contribution in [3.05, 3.63) is 23.9 Å². The summed E-state index contributed by atoms with van der Waals surface area (Å²) in [6.45, 7) is 8.70. The fourth-order valence-corrected chi connectivity index (χ4v) is 2.15. The van der Waals surface area contributed by atoms with E-state index in [0.717, 1.165) is 31.1 Å². The fraction of sp³-hybridized carbons (Fsp3) is 0.615. The normalized spacial score (nSPS) is 21.3. The topological polar surface area (TPSA) is 51.4 Å². The van der Waals surface area contributed by atoms with Crippen LogP contribution in [0.5, 0.6) is 0 Å². The van der Waals surface area contributed by atoms with Crippen molar-refractivity contribution >= 4 is 5.82 Å². The van der Waals surface area contributed by atoms with Crippen LogP contribution in [0, 0.1) is 0 Å². The molecule has 94 valence electrons. The lowest BCUT2D eigenvalue weighted by Gasteiger charge is -2.43. The summed E-state index contributed by atoms with van der Waals surface area (Å²) in [5.41, 5.74) is 7.02. The Kier molecular flexibility index (Phi) is 3.35. The molecule has 17 heavy (non-hydrogen) atoms. The SMILES string of the molecule is C[C@H](N)c1ccnc(N2CCOCC2(C)C)c1. The molecule has 1 fully saturated rings. The monoisotopic (exact) mass is 235 g/mol. The lowest BCUT2D eigenvalue weighted by Crippen LogP contribution is -2.53. The number of rotatable bonds is 2. The lowest BCUT2D eigenvalue weighted by atomic mass is 10.0. The van der Waals surface area contributed by atoms with Crippen LogP contribution in [0.3, 0.4) is 0 Å². The second-order valence-corrected chi connectivity index (χ2v) is 5.25. The molecule has 1 atom stereocenters. The number of ether oxygens (including phenoxy) is 1. The van der Waals surface area contributed by atoms with Gasteiger partial charge >= 0.3 is 0 Å². The van der Waals surface area contributed by atoms with Gasteiger partial charge in [-0.15, -0.1) is 0 Å². The number of hydrogen-bond acceptors (Lipinski definition) is 4. The van der Waals surface area contributed by atoms with Crippen LogP contribution < -0.4 is 10.6 Å². The van der Waals surface area contributed by atoms with E-state index >= 15 is 0 Å². The third-order valence-corrected chi connectivity index (χ3v) is 3.22. The highest BCUT2D eigenvalue weighted by Crippen LogP contribution is 2.26. The van der Waals surface area contributed by atoms with Crippen molar-refractivity contribution in [2.75, 3.05) is 24.7 Å². The first-order valence-corrected chi connectivity index (χ1v) is 6.07. The zero-order valence-electron chi connectivity index (χ0n) is 10.8. The summed E-state index contributed by atoms with van der Waals surface area (Å²) in [4.78, 5) is 6.75. The van der Waals surface area contributed by atoms with E-state index in [4.69, 9.17) is 10.5 Å². The van der Waals surface area contributed by atoms with Crippen molar-refractivity contribution in [3.8, 4) is 0 Å². The van der Waals surface area contributed by atoms with E-state index in [1.54, 1.807) is 0 Å². The van der Waals surface area contributed by atoms with Crippen molar-refractivity contribution in [1.82, 2.24) is 4.98 Å². The van der Waals surface area contributed by atoms with E-state index in [1.165, 1.54) is 0 Å².